The molecule has 0 radical (unpaired) electrons. The number of nitrogens with zero attached hydrogens (tertiary/aromatic N) is 2. The minimum Gasteiger partial charge on any atom is -0.507 e. The van der Waals surface area contributed by atoms with E-state index < -0.39 is 17.7 Å². The second-order valence-electron chi connectivity index (χ2n) is 8.95. The zero-order chi connectivity index (χ0) is 23.0. The van der Waals surface area contributed by atoms with Crippen LogP contribution in [0, 0.1) is 12.7 Å². The molecular weight excluding hydrogens is 407 g/mol. The highest BCUT2D eigenvalue weighted by Gasteiger charge is 2.48. The minimum atomic E-state index is -0.684. The Hall–Kier alpha value is -3.15. The number of rotatable bonds is 4. The van der Waals surface area contributed by atoms with Gasteiger partial charge in [0, 0.05) is 31.4 Å². The van der Waals surface area contributed by atoms with E-state index in [1.165, 1.54) is 18.2 Å². The molecule has 1 aliphatic heterocycles. The normalized spacial score (nSPS) is 21.2. The van der Waals surface area contributed by atoms with Gasteiger partial charge in [-0.15, -0.1) is 0 Å². The predicted octanol–water partition coefficient (Wildman–Crippen LogP) is 4.95. The van der Waals surface area contributed by atoms with Crippen molar-refractivity contribution in [1.29, 1.82) is 0 Å². The summed E-state index contributed by atoms with van der Waals surface area (Å²) in [6, 6.07) is 11.2. The second-order valence-corrected chi connectivity index (χ2v) is 8.95. The number of aryl methyl sites for hydroxylation is 1. The molecule has 1 unspecified atom stereocenters. The molecule has 2 aliphatic rings. The maximum atomic E-state index is 13.8. The standard InChI is InChI=1S/C26H29FN2O3/c1-16-15-18(11-14-21(16)27)24(30)22-23(17-9-12-19(13-10-17)28(2)3)29(26(32)25(22)31)20-7-5-4-6-8-20/h9-15,20,23,30H,4-8H2,1-3H3/b24-22-. The van der Waals surface area contributed by atoms with Crippen LogP contribution >= 0.6 is 0 Å². The number of aliphatic hydroxyl groups excluding tert-OH is 1. The zero-order valence-corrected chi connectivity index (χ0v) is 18.8. The van der Waals surface area contributed by atoms with E-state index >= 15 is 0 Å². The number of carbonyl (C=O) groups excluding carboxylic acids is 2. The monoisotopic (exact) mass is 436 g/mol. The van der Waals surface area contributed by atoms with Gasteiger partial charge in [-0.3, -0.25) is 9.59 Å². The van der Waals surface area contributed by atoms with Crippen LogP contribution in [0.15, 0.2) is 48.0 Å². The molecule has 1 N–H and O–H groups in total. The summed E-state index contributed by atoms with van der Waals surface area (Å²) in [6.07, 6.45) is 4.83. The number of hydrogen-bond donors (Lipinski definition) is 1. The van der Waals surface area contributed by atoms with Gasteiger partial charge in [0.2, 0.25) is 0 Å². The number of amides is 1. The molecule has 2 aromatic carbocycles. The lowest BCUT2D eigenvalue weighted by atomic mass is 9.90. The minimum absolute atomic E-state index is 0.0426. The van der Waals surface area contributed by atoms with Crippen molar-refractivity contribution in [2.75, 3.05) is 19.0 Å². The molecule has 0 bridgehead atoms. The molecule has 1 aliphatic carbocycles. The van der Waals surface area contributed by atoms with Crippen molar-refractivity contribution in [3.63, 3.8) is 0 Å². The van der Waals surface area contributed by atoms with Crippen LogP contribution in [0.5, 0.6) is 0 Å². The molecular formula is C26H29FN2O3. The van der Waals surface area contributed by atoms with Gasteiger partial charge in [0.25, 0.3) is 11.7 Å². The third kappa shape index (κ3) is 3.90. The van der Waals surface area contributed by atoms with Gasteiger partial charge in [-0.2, -0.15) is 0 Å². The van der Waals surface area contributed by atoms with Gasteiger partial charge in [0.05, 0.1) is 11.6 Å². The molecule has 1 heterocycles. The van der Waals surface area contributed by atoms with E-state index in [1.54, 1.807) is 11.8 Å². The SMILES string of the molecule is Cc1cc(/C(O)=C2/C(=O)C(=O)N(C3CCCCC3)C2c2ccc(N(C)C)cc2)ccc1F. The molecule has 1 amide bonds. The average Bonchev–Trinajstić information content (AvgIpc) is 3.06. The summed E-state index contributed by atoms with van der Waals surface area (Å²) in [7, 11) is 3.89. The number of ketones is 1. The van der Waals surface area contributed by atoms with Crippen molar-refractivity contribution in [3.8, 4) is 0 Å². The topological polar surface area (TPSA) is 60.9 Å². The first kappa shape index (κ1) is 22.1. The molecule has 1 atom stereocenters. The van der Waals surface area contributed by atoms with Gasteiger partial charge in [0.15, 0.2) is 0 Å². The van der Waals surface area contributed by atoms with Gasteiger partial charge in [-0.05, 0) is 61.2 Å². The summed E-state index contributed by atoms with van der Waals surface area (Å²) >= 11 is 0. The van der Waals surface area contributed by atoms with E-state index in [2.05, 4.69) is 0 Å². The van der Waals surface area contributed by atoms with Gasteiger partial charge >= 0.3 is 0 Å². The summed E-state index contributed by atoms with van der Waals surface area (Å²) in [5.74, 6) is -1.90. The summed E-state index contributed by atoms with van der Waals surface area (Å²) in [4.78, 5) is 30.0. The highest BCUT2D eigenvalue weighted by atomic mass is 19.1. The molecule has 1 saturated carbocycles. The lowest BCUT2D eigenvalue weighted by Crippen LogP contribution is -2.40. The number of benzene rings is 2. The fraction of sp³-hybridized carbons (Fsp3) is 0.385. The number of anilines is 1. The number of carbonyl (C=O) groups is 2. The highest BCUT2D eigenvalue weighted by Crippen LogP contribution is 2.43. The zero-order valence-electron chi connectivity index (χ0n) is 18.8. The first-order chi connectivity index (χ1) is 15.3. The molecule has 168 valence electrons. The van der Waals surface area contributed by atoms with Crippen molar-refractivity contribution in [2.24, 2.45) is 0 Å². The molecule has 4 rings (SSSR count). The first-order valence-corrected chi connectivity index (χ1v) is 11.1. The number of hydrogen-bond acceptors (Lipinski definition) is 4. The second kappa shape index (κ2) is 8.77. The first-order valence-electron chi connectivity index (χ1n) is 11.1. The molecule has 6 heteroatoms. The Bertz CT molecular complexity index is 1070. The van der Waals surface area contributed by atoms with Crippen molar-refractivity contribution in [3.05, 3.63) is 70.5 Å². The van der Waals surface area contributed by atoms with E-state index in [-0.39, 0.29) is 23.2 Å². The molecule has 2 aromatic rings. The van der Waals surface area contributed by atoms with Gasteiger partial charge in [-0.25, -0.2) is 4.39 Å². The van der Waals surface area contributed by atoms with Crippen molar-refractivity contribution >= 4 is 23.1 Å². The van der Waals surface area contributed by atoms with Gasteiger partial charge < -0.3 is 14.9 Å². The van der Waals surface area contributed by atoms with Crippen LogP contribution in [-0.2, 0) is 9.59 Å². The lowest BCUT2D eigenvalue weighted by molar-refractivity contribution is -0.141. The number of Topliss-reactive ketones (excluding diaryl/α,β-unsaturated/α-hetero) is 1. The molecule has 5 nitrogen and oxygen atoms in total. The van der Waals surface area contributed by atoms with Gasteiger partial charge in [-0.1, -0.05) is 31.4 Å². The molecule has 1 saturated heterocycles. The van der Waals surface area contributed by atoms with Crippen molar-refractivity contribution in [2.45, 2.75) is 51.1 Å². The van der Waals surface area contributed by atoms with Gasteiger partial charge in [0.1, 0.15) is 11.6 Å². The van der Waals surface area contributed by atoms with Crippen LogP contribution in [0.2, 0.25) is 0 Å². The summed E-state index contributed by atoms with van der Waals surface area (Å²) in [6.45, 7) is 1.60. The summed E-state index contributed by atoms with van der Waals surface area (Å²) in [5, 5.41) is 11.2. The highest BCUT2D eigenvalue weighted by molar-refractivity contribution is 6.46. The van der Waals surface area contributed by atoms with E-state index in [0.29, 0.717) is 11.1 Å². The maximum absolute atomic E-state index is 13.8. The third-order valence-corrected chi connectivity index (χ3v) is 6.60. The molecule has 0 spiro atoms. The Morgan fingerprint density at radius 1 is 1.03 bits per heavy atom. The molecule has 2 fully saturated rings. The van der Waals surface area contributed by atoms with Crippen LogP contribution in [0.1, 0.15) is 54.8 Å². The Kier molecular flexibility index (Phi) is 6.04. The Morgan fingerprint density at radius 3 is 2.28 bits per heavy atom. The van der Waals surface area contributed by atoms with Crippen molar-refractivity contribution in [1.82, 2.24) is 4.90 Å². The van der Waals surface area contributed by atoms with Crippen LogP contribution in [0.25, 0.3) is 5.76 Å². The van der Waals surface area contributed by atoms with E-state index in [9.17, 15) is 19.1 Å². The van der Waals surface area contributed by atoms with Crippen LogP contribution < -0.4 is 4.90 Å². The maximum Gasteiger partial charge on any atom is 0.295 e. The number of halogens is 1. The fourth-order valence-electron chi connectivity index (χ4n) is 4.82. The fourth-order valence-corrected chi connectivity index (χ4v) is 4.82. The number of aliphatic hydroxyl groups is 1. The number of likely N-dealkylation sites (tertiary alicyclic amines) is 1. The van der Waals surface area contributed by atoms with E-state index in [1.807, 2.05) is 43.3 Å². The van der Waals surface area contributed by atoms with Crippen molar-refractivity contribution < 1.29 is 19.1 Å². The Balaban J connectivity index is 1.86. The van der Waals surface area contributed by atoms with E-state index in [0.717, 1.165) is 43.4 Å². The molecule has 0 aromatic heterocycles. The van der Waals surface area contributed by atoms with Crippen LogP contribution in [-0.4, -0.2) is 41.8 Å². The average molecular weight is 437 g/mol. The Labute approximate surface area is 188 Å². The van der Waals surface area contributed by atoms with Crippen LogP contribution in [0.3, 0.4) is 0 Å². The quantitative estimate of drug-likeness (QED) is 0.418. The smallest absolute Gasteiger partial charge is 0.295 e. The Morgan fingerprint density at radius 2 is 1.69 bits per heavy atom. The predicted molar refractivity (Wildman–Crippen MR) is 123 cm³/mol. The third-order valence-electron chi connectivity index (χ3n) is 6.60. The van der Waals surface area contributed by atoms with Crippen LogP contribution in [0.4, 0.5) is 10.1 Å². The van der Waals surface area contributed by atoms with E-state index in [4.69, 9.17) is 0 Å². The largest absolute Gasteiger partial charge is 0.507 e. The molecule has 32 heavy (non-hydrogen) atoms. The summed E-state index contributed by atoms with van der Waals surface area (Å²) in [5.41, 5.74) is 2.55. The lowest BCUT2D eigenvalue weighted by Gasteiger charge is -2.35. The summed E-state index contributed by atoms with van der Waals surface area (Å²) < 4.78 is 13.8.